The van der Waals surface area contributed by atoms with Crippen LogP contribution in [0.4, 0.5) is 11.4 Å². The maximum Gasteiger partial charge on any atom is 0.240 e. The number of anilines is 2. The number of pyridine rings is 1. The molecule has 29 heavy (non-hydrogen) atoms. The lowest BCUT2D eigenvalue weighted by Gasteiger charge is -2.29. The van der Waals surface area contributed by atoms with Crippen molar-refractivity contribution < 1.29 is 8.42 Å². The molecule has 1 fully saturated rings. The van der Waals surface area contributed by atoms with Crippen LogP contribution in [0.1, 0.15) is 32.3 Å². The third-order valence-electron chi connectivity index (χ3n) is 5.76. The van der Waals surface area contributed by atoms with Crippen LogP contribution in [-0.2, 0) is 16.6 Å². The third kappa shape index (κ3) is 4.46. The van der Waals surface area contributed by atoms with Gasteiger partial charge in [0.25, 0.3) is 0 Å². The van der Waals surface area contributed by atoms with Crippen LogP contribution < -0.4 is 15.4 Å². The smallest absolute Gasteiger partial charge is 0.240 e. The summed E-state index contributed by atoms with van der Waals surface area (Å²) in [5.74, 6) is 1.15. The van der Waals surface area contributed by atoms with Gasteiger partial charge >= 0.3 is 0 Å². The first-order chi connectivity index (χ1) is 14.0. The van der Waals surface area contributed by atoms with Gasteiger partial charge in [-0.25, -0.2) is 13.1 Å². The zero-order valence-corrected chi connectivity index (χ0v) is 17.7. The summed E-state index contributed by atoms with van der Waals surface area (Å²) >= 11 is 0. The zero-order chi connectivity index (χ0) is 20.4. The number of hydrogen-bond acceptors (Lipinski definition) is 5. The normalized spacial score (nSPS) is 23.1. The molecule has 1 heterocycles. The Balaban J connectivity index is 1.61. The Hall–Kier alpha value is -2.38. The van der Waals surface area contributed by atoms with Crippen LogP contribution in [0, 0.1) is 11.8 Å². The number of nitrogens with one attached hydrogen (secondary N) is 3. The molecule has 1 aromatic carbocycles. The molecule has 1 saturated carbocycles. The van der Waals surface area contributed by atoms with Gasteiger partial charge in [0.1, 0.15) is 0 Å². The molecule has 154 valence electrons. The summed E-state index contributed by atoms with van der Waals surface area (Å²) < 4.78 is 27.6. The molecular weight excluding hydrogens is 384 g/mol. The maximum atomic E-state index is 12.5. The number of nitrogens with zero attached hydrogens (tertiary/aromatic N) is 1. The second-order valence-electron chi connectivity index (χ2n) is 7.89. The van der Waals surface area contributed by atoms with Crippen molar-refractivity contribution in [1.29, 1.82) is 0 Å². The summed E-state index contributed by atoms with van der Waals surface area (Å²) in [6.45, 7) is 5.01. The largest absolute Gasteiger partial charge is 0.380 e. The van der Waals surface area contributed by atoms with E-state index < -0.39 is 10.0 Å². The number of aromatic nitrogens is 1. The monoisotopic (exact) mass is 412 g/mol. The van der Waals surface area contributed by atoms with Crippen molar-refractivity contribution in [3.05, 3.63) is 59.9 Å². The fourth-order valence-corrected chi connectivity index (χ4v) is 5.09. The first kappa shape index (κ1) is 19.9. The molecule has 1 aromatic heterocycles. The molecule has 3 unspecified atom stereocenters. The second kappa shape index (κ2) is 8.16. The van der Waals surface area contributed by atoms with Crippen molar-refractivity contribution in [3.8, 4) is 0 Å². The fraction of sp³-hybridized carbons (Fsp3) is 0.409. The van der Waals surface area contributed by atoms with E-state index in [9.17, 15) is 8.42 Å². The van der Waals surface area contributed by atoms with E-state index in [-0.39, 0.29) is 4.90 Å². The molecule has 0 aliphatic heterocycles. The van der Waals surface area contributed by atoms with E-state index in [0.717, 1.165) is 23.4 Å². The van der Waals surface area contributed by atoms with Gasteiger partial charge < -0.3 is 10.6 Å². The molecule has 2 aromatic rings. The number of fused-ring (bicyclic) bond motifs is 1. The van der Waals surface area contributed by atoms with Gasteiger partial charge in [-0.15, -0.1) is 0 Å². The predicted octanol–water partition coefficient (Wildman–Crippen LogP) is 3.76. The van der Waals surface area contributed by atoms with E-state index in [1.807, 2.05) is 18.2 Å². The molecule has 0 amide bonds. The summed E-state index contributed by atoms with van der Waals surface area (Å²) in [6.07, 6.45) is 8.16. The number of benzene rings is 1. The van der Waals surface area contributed by atoms with Crippen LogP contribution in [0.3, 0.4) is 0 Å². The Bertz CT molecular complexity index is 1000. The average Bonchev–Trinajstić information content (AvgIpc) is 3.50. The number of hydrogen-bond donors (Lipinski definition) is 3. The number of sulfonamides is 1. The van der Waals surface area contributed by atoms with Crippen LogP contribution in [-0.4, -0.2) is 26.0 Å². The van der Waals surface area contributed by atoms with Gasteiger partial charge in [0.05, 0.1) is 16.3 Å². The molecule has 0 spiro atoms. The molecule has 6 nitrogen and oxygen atoms in total. The van der Waals surface area contributed by atoms with Crippen LogP contribution in [0.25, 0.3) is 0 Å². The van der Waals surface area contributed by atoms with Crippen molar-refractivity contribution in [3.63, 3.8) is 0 Å². The molecule has 0 saturated heterocycles. The first-order valence-electron chi connectivity index (χ1n) is 10.2. The second-order valence-corrected chi connectivity index (χ2v) is 9.66. The lowest BCUT2D eigenvalue weighted by Crippen LogP contribution is -2.31. The topological polar surface area (TPSA) is 83.1 Å². The average molecular weight is 413 g/mol. The molecular formula is C22H28N4O2S. The summed E-state index contributed by atoms with van der Waals surface area (Å²) in [4.78, 5) is 4.32. The summed E-state index contributed by atoms with van der Waals surface area (Å²) in [5, 5.41) is 7.13. The molecule has 0 radical (unpaired) electrons. The van der Waals surface area contributed by atoms with Gasteiger partial charge in [0.2, 0.25) is 10.0 Å². The predicted molar refractivity (Wildman–Crippen MR) is 116 cm³/mol. The molecule has 2 aliphatic rings. The Morgan fingerprint density at radius 1 is 1.14 bits per heavy atom. The van der Waals surface area contributed by atoms with E-state index in [4.69, 9.17) is 0 Å². The van der Waals surface area contributed by atoms with Crippen molar-refractivity contribution >= 4 is 21.4 Å². The Morgan fingerprint density at radius 3 is 2.69 bits per heavy atom. The van der Waals surface area contributed by atoms with E-state index in [1.165, 1.54) is 6.42 Å². The molecule has 2 aliphatic carbocycles. The van der Waals surface area contributed by atoms with E-state index in [0.29, 0.717) is 31.0 Å². The quantitative estimate of drug-likeness (QED) is 0.575. The minimum atomic E-state index is -3.52. The van der Waals surface area contributed by atoms with E-state index in [2.05, 4.69) is 33.3 Å². The van der Waals surface area contributed by atoms with Crippen molar-refractivity contribution in [1.82, 2.24) is 9.71 Å². The Labute approximate surface area is 172 Å². The summed E-state index contributed by atoms with van der Waals surface area (Å²) in [6, 6.07) is 9.56. The van der Waals surface area contributed by atoms with Gasteiger partial charge in [-0.05, 0) is 54.7 Å². The van der Waals surface area contributed by atoms with E-state index >= 15 is 0 Å². The van der Waals surface area contributed by atoms with Crippen LogP contribution in [0.15, 0.2) is 59.3 Å². The highest BCUT2D eigenvalue weighted by molar-refractivity contribution is 7.89. The molecule has 3 atom stereocenters. The number of rotatable bonds is 8. The van der Waals surface area contributed by atoms with Crippen molar-refractivity contribution in [2.24, 2.45) is 11.8 Å². The minimum Gasteiger partial charge on any atom is -0.380 e. The molecule has 0 bridgehead atoms. The van der Waals surface area contributed by atoms with Gasteiger partial charge in [0, 0.05) is 37.4 Å². The lowest BCUT2D eigenvalue weighted by atomic mass is 9.90. The highest BCUT2D eigenvalue weighted by atomic mass is 32.2. The third-order valence-corrected chi connectivity index (χ3v) is 7.30. The Morgan fingerprint density at radius 2 is 1.93 bits per heavy atom. The summed E-state index contributed by atoms with van der Waals surface area (Å²) in [7, 11) is -3.52. The van der Waals surface area contributed by atoms with Crippen LogP contribution in [0.2, 0.25) is 0 Å². The lowest BCUT2D eigenvalue weighted by molar-refractivity contribution is 0.442. The Kier molecular flexibility index (Phi) is 5.61. The highest BCUT2D eigenvalue weighted by Gasteiger charge is 2.42. The molecule has 4 rings (SSSR count). The van der Waals surface area contributed by atoms with Gasteiger partial charge in [-0.2, -0.15) is 0 Å². The maximum absolute atomic E-state index is 12.5. The SMILES string of the molecule is CCNS(=O)(=O)c1ccc(NC2C(C)CC=C3CC32)c(NCc2ccncc2)c1. The van der Waals surface area contributed by atoms with Gasteiger partial charge in [-0.1, -0.05) is 25.5 Å². The fourth-order valence-electron chi connectivity index (χ4n) is 4.02. The number of allylic oxidation sites excluding steroid dienone is 1. The zero-order valence-electron chi connectivity index (χ0n) is 16.9. The van der Waals surface area contributed by atoms with Crippen LogP contribution >= 0.6 is 0 Å². The molecule has 3 N–H and O–H groups in total. The minimum absolute atomic E-state index is 0.269. The highest BCUT2D eigenvalue weighted by Crippen LogP contribution is 2.48. The van der Waals surface area contributed by atoms with Gasteiger partial charge in [0.15, 0.2) is 0 Å². The van der Waals surface area contributed by atoms with Gasteiger partial charge in [-0.3, -0.25) is 4.98 Å². The molecule has 7 heteroatoms. The standard InChI is InChI=1S/C22H28N4O2S/c1-3-25-29(27,28)18-6-7-20(26-22-15(2)4-5-17-12-19(17)22)21(13-18)24-14-16-8-10-23-11-9-16/h5-11,13,15,19,22,24-26H,3-4,12,14H2,1-2H3. The van der Waals surface area contributed by atoms with E-state index in [1.54, 1.807) is 37.0 Å². The first-order valence-corrected chi connectivity index (χ1v) is 11.7. The summed E-state index contributed by atoms with van der Waals surface area (Å²) in [5.41, 5.74) is 4.38. The van der Waals surface area contributed by atoms with Crippen molar-refractivity contribution in [2.75, 3.05) is 17.2 Å². The van der Waals surface area contributed by atoms with Crippen LogP contribution in [0.5, 0.6) is 0 Å². The van der Waals surface area contributed by atoms with Crippen molar-refractivity contribution in [2.45, 2.75) is 44.2 Å².